The zero-order chi connectivity index (χ0) is 15.4. The summed E-state index contributed by atoms with van der Waals surface area (Å²) < 4.78 is 0. The molecule has 0 aromatic heterocycles. The van der Waals surface area contributed by atoms with Crippen molar-refractivity contribution in [1.82, 2.24) is 0 Å². The van der Waals surface area contributed by atoms with Crippen molar-refractivity contribution in [2.45, 2.75) is 117 Å². The van der Waals surface area contributed by atoms with Crippen molar-refractivity contribution >= 4 is 8.58 Å². The highest BCUT2D eigenvalue weighted by molar-refractivity contribution is 7.37. The van der Waals surface area contributed by atoms with Crippen LogP contribution in [-0.2, 0) is 0 Å². The van der Waals surface area contributed by atoms with Crippen LogP contribution < -0.4 is 0 Å². The van der Waals surface area contributed by atoms with E-state index in [0.29, 0.717) is 0 Å². The largest absolute Gasteiger partial charge is 0.122 e. The molecule has 1 atom stereocenters. The van der Waals surface area contributed by atoms with Crippen LogP contribution in [0.2, 0.25) is 0 Å². The third-order valence-electron chi connectivity index (χ3n) is 4.41. The molecule has 0 aromatic carbocycles. The normalized spacial score (nSPS) is 11.7. The molecule has 0 rings (SSSR count). The Kier molecular flexibility index (Phi) is 20.8. The zero-order valence-electron chi connectivity index (χ0n) is 15.2. The van der Waals surface area contributed by atoms with Gasteiger partial charge in [0.1, 0.15) is 0 Å². The highest BCUT2D eigenvalue weighted by Crippen LogP contribution is 2.17. The fraction of sp³-hybridized carbons (Fsp3) is 1.00. The Labute approximate surface area is 138 Å². The summed E-state index contributed by atoms with van der Waals surface area (Å²) in [6.45, 7) is 4.60. The second-order valence-electron chi connectivity index (χ2n) is 6.70. The van der Waals surface area contributed by atoms with Crippen LogP contribution >= 0.6 is 8.58 Å². The van der Waals surface area contributed by atoms with Gasteiger partial charge in [0, 0.05) is 0 Å². The summed E-state index contributed by atoms with van der Waals surface area (Å²) in [6, 6.07) is 0. The van der Waals surface area contributed by atoms with E-state index in [0.717, 1.165) is 0 Å². The third kappa shape index (κ3) is 20.4. The van der Waals surface area contributed by atoms with E-state index in [2.05, 4.69) is 13.8 Å². The van der Waals surface area contributed by atoms with Gasteiger partial charge in [-0.25, -0.2) is 0 Å². The lowest BCUT2D eigenvalue weighted by molar-refractivity contribution is 0.538. The van der Waals surface area contributed by atoms with Crippen LogP contribution in [0.3, 0.4) is 0 Å². The molecule has 0 N–H and O–H groups in total. The van der Waals surface area contributed by atoms with Gasteiger partial charge in [-0.2, -0.15) is 0 Å². The summed E-state index contributed by atoms with van der Waals surface area (Å²) in [5.41, 5.74) is 0. The van der Waals surface area contributed by atoms with E-state index >= 15 is 0 Å². The molecule has 0 amide bonds. The fourth-order valence-corrected chi connectivity index (χ4v) is 4.22. The molecule has 0 nitrogen and oxygen atoms in total. The number of unbranched alkanes of at least 4 members (excludes halogenated alkanes) is 14. The molecule has 0 spiro atoms. The minimum atomic E-state index is 1.25. The van der Waals surface area contributed by atoms with Gasteiger partial charge in [-0.15, -0.1) is 8.58 Å². The molecule has 0 fully saturated rings. The Morgan fingerprint density at radius 3 is 1.14 bits per heavy atom. The zero-order valence-corrected chi connectivity index (χ0v) is 16.2. The van der Waals surface area contributed by atoms with Crippen LogP contribution in [0.4, 0.5) is 0 Å². The van der Waals surface area contributed by atoms with Gasteiger partial charge < -0.3 is 0 Å². The predicted octanol–water partition coefficient (Wildman–Crippen LogP) is 7.95. The molecule has 0 aliphatic heterocycles. The van der Waals surface area contributed by atoms with E-state index < -0.39 is 0 Å². The summed E-state index contributed by atoms with van der Waals surface area (Å²) in [7, 11) is 1.25. The topological polar surface area (TPSA) is 0 Å². The predicted molar refractivity (Wildman–Crippen MR) is 103 cm³/mol. The quantitative estimate of drug-likeness (QED) is 0.178. The Morgan fingerprint density at radius 2 is 0.714 bits per heavy atom. The maximum absolute atomic E-state index is 2.30. The minimum Gasteiger partial charge on any atom is -0.122 e. The van der Waals surface area contributed by atoms with Crippen molar-refractivity contribution in [2.24, 2.45) is 0 Å². The highest BCUT2D eigenvalue weighted by atomic mass is 31.1. The van der Waals surface area contributed by atoms with Crippen molar-refractivity contribution < 1.29 is 0 Å². The van der Waals surface area contributed by atoms with Crippen molar-refractivity contribution in [2.75, 3.05) is 12.3 Å². The van der Waals surface area contributed by atoms with Gasteiger partial charge in [-0.1, -0.05) is 104 Å². The molecule has 1 unspecified atom stereocenters. The van der Waals surface area contributed by atoms with Crippen molar-refractivity contribution in [3.8, 4) is 0 Å². The number of hydrogen-bond donors (Lipinski definition) is 0. The van der Waals surface area contributed by atoms with Gasteiger partial charge in [0.25, 0.3) is 0 Å². The van der Waals surface area contributed by atoms with Crippen LogP contribution in [0.25, 0.3) is 0 Å². The van der Waals surface area contributed by atoms with Gasteiger partial charge in [-0.3, -0.25) is 0 Å². The second-order valence-corrected chi connectivity index (χ2v) is 8.20. The molecule has 21 heavy (non-hydrogen) atoms. The van der Waals surface area contributed by atoms with Crippen molar-refractivity contribution in [1.29, 1.82) is 0 Å². The van der Waals surface area contributed by atoms with Crippen LogP contribution in [0.15, 0.2) is 0 Å². The fourth-order valence-electron chi connectivity index (χ4n) is 2.87. The van der Waals surface area contributed by atoms with Gasteiger partial charge in [-0.05, 0) is 25.2 Å². The summed E-state index contributed by atoms with van der Waals surface area (Å²) in [6.07, 6.45) is 26.5. The third-order valence-corrected chi connectivity index (χ3v) is 5.83. The Balaban J connectivity index is 2.90. The standard InChI is InChI=1S/C20H43P/c1-3-5-7-8-9-10-11-12-13-14-15-16-17-18-20-21-19-6-4-2/h21H,3-20H2,1-2H3. The Hall–Kier alpha value is 0.430. The molecule has 0 saturated heterocycles. The van der Waals surface area contributed by atoms with E-state index in [1.54, 1.807) is 0 Å². The number of hydrogen-bond acceptors (Lipinski definition) is 0. The van der Waals surface area contributed by atoms with E-state index in [1.165, 1.54) is 124 Å². The summed E-state index contributed by atoms with van der Waals surface area (Å²) >= 11 is 0. The first kappa shape index (κ1) is 21.4. The lowest BCUT2D eigenvalue weighted by atomic mass is 10.0. The van der Waals surface area contributed by atoms with Crippen LogP contribution in [0.1, 0.15) is 117 Å². The molecular weight excluding hydrogens is 271 g/mol. The molecule has 0 radical (unpaired) electrons. The minimum absolute atomic E-state index is 1.25. The molecule has 0 bridgehead atoms. The first-order chi connectivity index (χ1) is 10.4. The molecule has 128 valence electrons. The van der Waals surface area contributed by atoms with Crippen LogP contribution in [0, 0.1) is 0 Å². The van der Waals surface area contributed by atoms with Crippen molar-refractivity contribution in [3.63, 3.8) is 0 Å². The van der Waals surface area contributed by atoms with E-state index in [-0.39, 0.29) is 0 Å². The molecule has 0 aromatic rings. The van der Waals surface area contributed by atoms with Gasteiger partial charge in [0.15, 0.2) is 0 Å². The molecule has 0 aliphatic carbocycles. The van der Waals surface area contributed by atoms with Crippen LogP contribution in [-0.4, -0.2) is 12.3 Å². The molecule has 0 saturated carbocycles. The van der Waals surface area contributed by atoms with Gasteiger partial charge in [0.05, 0.1) is 0 Å². The average Bonchev–Trinajstić information content (AvgIpc) is 2.50. The van der Waals surface area contributed by atoms with Crippen molar-refractivity contribution in [3.05, 3.63) is 0 Å². The van der Waals surface area contributed by atoms with Gasteiger partial charge >= 0.3 is 0 Å². The highest BCUT2D eigenvalue weighted by Gasteiger charge is 1.94. The van der Waals surface area contributed by atoms with Crippen LogP contribution in [0.5, 0.6) is 0 Å². The van der Waals surface area contributed by atoms with E-state index in [1.807, 2.05) is 0 Å². The smallest absolute Gasteiger partial charge is 0.0353 e. The first-order valence-electron chi connectivity index (χ1n) is 10.1. The summed E-state index contributed by atoms with van der Waals surface area (Å²) in [5, 5.41) is 0. The molecule has 0 heterocycles. The second kappa shape index (κ2) is 20.4. The lowest BCUT2D eigenvalue weighted by Crippen LogP contribution is -1.84. The Morgan fingerprint density at radius 1 is 0.381 bits per heavy atom. The number of rotatable bonds is 18. The van der Waals surface area contributed by atoms with E-state index in [9.17, 15) is 0 Å². The maximum atomic E-state index is 2.30. The monoisotopic (exact) mass is 314 g/mol. The SMILES string of the molecule is CCCCCCCCCCCCCCCCPCCCC. The average molecular weight is 315 g/mol. The Bertz CT molecular complexity index is 149. The first-order valence-corrected chi connectivity index (χ1v) is 11.5. The van der Waals surface area contributed by atoms with Gasteiger partial charge in [0.2, 0.25) is 0 Å². The van der Waals surface area contributed by atoms with E-state index in [4.69, 9.17) is 0 Å². The lowest BCUT2D eigenvalue weighted by Gasteiger charge is -2.03. The molecule has 0 aliphatic rings. The molecular formula is C20H43P. The maximum Gasteiger partial charge on any atom is -0.0353 e. The summed E-state index contributed by atoms with van der Waals surface area (Å²) in [5.74, 6) is 0. The summed E-state index contributed by atoms with van der Waals surface area (Å²) in [4.78, 5) is 0. The molecule has 1 heteroatoms.